The Morgan fingerprint density at radius 1 is 0.973 bits per heavy atom. The van der Waals surface area contributed by atoms with Gasteiger partial charge < -0.3 is 20.1 Å². The van der Waals surface area contributed by atoms with E-state index in [-0.39, 0.29) is 18.1 Å². The molecule has 0 aromatic heterocycles. The molecule has 3 aromatic carbocycles. The third kappa shape index (κ3) is 7.45. The summed E-state index contributed by atoms with van der Waals surface area (Å²) in [7, 11) is 0. The van der Waals surface area contributed by atoms with E-state index in [1.165, 1.54) is 6.08 Å². The van der Waals surface area contributed by atoms with Gasteiger partial charge in [0.05, 0.1) is 11.1 Å². The minimum Gasteiger partial charge on any atom is -0.490 e. The predicted molar refractivity (Wildman–Crippen MR) is 149 cm³/mol. The topological polar surface area (TPSA) is 100 Å². The molecule has 8 heteroatoms. The number of rotatable bonds is 9. The third-order valence-corrected chi connectivity index (χ3v) is 5.99. The Morgan fingerprint density at radius 2 is 1.70 bits per heavy atom. The second kappa shape index (κ2) is 12.7. The van der Waals surface area contributed by atoms with Gasteiger partial charge in [0.1, 0.15) is 11.6 Å². The first kappa shape index (κ1) is 27.5. The van der Waals surface area contributed by atoms with Crippen LogP contribution < -0.4 is 20.1 Å². The van der Waals surface area contributed by atoms with Gasteiger partial charge in [0.25, 0.3) is 11.8 Å². The molecule has 3 aromatic rings. The second-order valence-electron chi connectivity index (χ2n) is 8.36. The Bertz CT molecular complexity index is 1390. The molecule has 0 aliphatic carbocycles. The third-order valence-electron chi connectivity index (χ3n) is 5.40. The number of ether oxygens (including phenoxy) is 2. The molecular formula is C29H28BrN3O4. The Kier molecular flexibility index (Phi) is 9.47. The van der Waals surface area contributed by atoms with E-state index in [2.05, 4.69) is 26.6 Å². The van der Waals surface area contributed by atoms with E-state index in [1.807, 2.05) is 76.2 Å². The normalized spacial score (nSPS) is 10.9. The number of benzene rings is 3. The molecule has 0 radical (unpaired) electrons. The van der Waals surface area contributed by atoms with E-state index in [9.17, 15) is 14.9 Å². The maximum Gasteiger partial charge on any atom is 0.266 e. The van der Waals surface area contributed by atoms with Gasteiger partial charge in [0, 0.05) is 11.4 Å². The fraction of sp³-hybridized carbons (Fsp3) is 0.207. The minimum atomic E-state index is -0.517. The van der Waals surface area contributed by atoms with Gasteiger partial charge in [-0.25, -0.2) is 0 Å². The molecule has 0 fully saturated rings. The van der Waals surface area contributed by atoms with Crippen molar-refractivity contribution >= 4 is 45.2 Å². The first-order chi connectivity index (χ1) is 17.7. The van der Waals surface area contributed by atoms with Gasteiger partial charge in [0.2, 0.25) is 0 Å². The molecule has 7 nitrogen and oxygen atoms in total. The summed E-state index contributed by atoms with van der Waals surface area (Å²) in [6.45, 7) is 7.71. The summed E-state index contributed by atoms with van der Waals surface area (Å²) in [5.74, 6) is -0.115. The largest absolute Gasteiger partial charge is 0.490 e. The molecule has 0 bridgehead atoms. The lowest BCUT2D eigenvalue weighted by atomic mass is 10.1. The van der Waals surface area contributed by atoms with E-state index in [4.69, 9.17) is 9.47 Å². The van der Waals surface area contributed by atoms with Crippen molar-refractivity contribution in [1.29, 1.82) is 5.26 Å². The molecule has 0 atom stereocenters. The van der Waals surface area contributed by atoms with Gasteiger partial charge >= 0.3 is 0 Å². The van der Waals surface area contributed by atoms with Crippen molar-refractivity contribution in [3.8, 4) is 17.6 Å². The molecule has 2 amide bonds. The van der Waals surface area contributed by atoms with Crippen LogP contribution in [0.4, 0.5) is 11.4 Å². The van der Waals surface area contributed by atoms with Crippen LogP contribution >= 0.6 is 15.9 Å². The van der Waals surface area contributed by atoms with Crippen molar-refractivity contribution in [3.05, 3.63) is 86.9 Å². The predicted octanol–water partition coefficient (Wildman–Crippen LogP) is 6.34. The maximum absolute atomic E-state index is 12.8. The molecule has 0 aliphatic heterocycles. The van der Waals surface area contributed by atoms with Crippen LogP contribution in [0.3, 0.4) is 0 Å². The first-order valence-electron chi connectivity index (χ1n) is 11.7. The van der Waals surface area contributed by atoms with Gasteiger partial charge in [0.15, 0.2) is 18.1 Å². The zero-order chi connectivity index (χ0) is 26.9. The SMILES string of the molecule is CCOc1cc(/C=C(\C#N)C(=O)Nc2ccc(C)cc2C)cc(Br)c1OCC(=O)Nc1ccccc1C. The molecule has 190 valence electrons. The number of para-hydroxylation sites is 1. The van der Waals surface area contributed by atoms with E-state index in [0.717, 1.165) is 16.7 Å². The highest BCUT2D eigenvalue weighted by atomic mass is 79.9. The average molecular weight is 562 g/mol. The lowest BCUT2D eigenvalue weighted by molar-refractivity contribution is -0.118. The number of amides is 2. The lowest BCUT2D eigenvalue weighted by Gasteiger charge is -2.15. The fourth-order valence-electron chi connectivity index (χ4n) is 3.57. The summed E-state index contributed by atoms with van der Waals surface area (Å²) in [5.41, 5.74) is 4.76. The number of carbonyl (C=O) groups excluding carboxylic acids is 2. The average Bonchev–Trinajstić information content (AvgIpc) is 2.85. The Hall–Kier alpha value is -4.09. The Labute approximate surface area is 225 Å². The number of halogens is 1. The van der Waals surface area contributed by atoms with Gasteiger partial charge in [-0.2, -0.15) is 5.26 Å². The standard InChI is InChI=1S/C29H28BrN3O4/c1-5-36-26-15-21(13-22(16-31)29(35)33-25-11-10-18(2)12-20(25)4)14-23(30)28(26)37-17-27(34)32-24-9-7-6-8-19(24)3/h6-15H,5,17H2,1-4H3,(H,32,34)(H,33,35)/b22-13+. The van der Waals surface area contributed by atoms with Crippen molar-refractivity contribution < 1.29 is 19.1 Å². The number of aryl methyl sites for hydroxylation is 3. The van der Waals surface area contributed by atoms with Crippen LogP contribution in [0, 0.1) is 32.1 Å². The molecule has 2 N–H and O–H groups in total. The highest BCUT2D eigenvalue weighted by molar-refractivity contribution is 9.10. The van der Waals surface area contributed by atoms with Crippen LogP contribution in [0.25, 0.3) is 6.08 Å². The molecule has 0 saturated heterocycles. The Balaban J connectivity index is 1.79. The molecule has 0 unspecified atom stereocenters. The van der Waals surface area contributed by atoms with Crippen molar-refractivity contribution in [2.24, 2.45) is 0 Å². The van der Waals surface area contributed by atoms with Gasteiger partial charge in [-0.3, -0.25) is 9.59 Å². The number of hydrogen-bond donors (Lipinski definition) is 2. The van der Waals surface area contributed by atoms with E-state index in [1.54, 1.807) is 12.1 Å². The van der Waals surface area contributed by atoms with Crippen LogP contribution in [0.15, 0.2) is 64.6 Å². The number of nitrogens with one attached hydrogen (secondary N) is 2. The highest BCUT2D eigenvalue weighted by Gasteiger charge is 2.16. The van der Waals surface area contributed by atoms with Crippen molar-refractivity contribution in [3.63, 3.8) is 0 Å². The molecule has 0 heterocycles. The van der Waals surface area contributed by atoms with Crippen molar-refractivity contribution in [2.45, 2.75) is 27.7 Å². The van der Waals surface area contributed by atoms with Crippen LogP contribution in [0.2, 0.25) is 0 Å². The highest BCUT2D eigenvalue weighted by Crippen LogP contribution is 2.37. The molecule has 0 aliphatic rings. The zero-order valence-corrected chi connectivity index (χ0v) is 22.7. The summed E-state index contributed by atoms with van der Waals surface area (Å²) < 4.78 is 12.0. The maximum atomic E-state index is 12.8. The number of hydrogen-bond acceptors (Lipinski definition) is 5. The van der Waals surface area contributed by atoms with Crippen LogP contribution in [-0.2, 0) is 9.59 Å². The second-order valence-corrected chi connectivity index (χ2v) is 9.21. The smallest absolute Gasteiger partial charge is 0.266 e. The van der Waals surface area contributed by atoms with Crippen LogP contribution in [0.5, 0.6) is 11.5 Å². The Morgan fingerprint density at radius 3 is 2.38 bits per heavy atom. The van der Waals surface area contributed by atoms with Crippen molar-refractivity contribution in [2.75, 3.05) is 23.8 Å². The molecule has 3 rings (SSSR count). The van der Waals surface area contributed by atoms with Crippen LogP contribution in [-0.4, -0.2) is 25.0 Å². The van der Waals surface area contributed by atoms with Gasteiger partial charge in [-0.1, -0.05) is 35.9 Å². The molecule has 0 spiro atoms. The number of nitriles is 1. The van der Waals surface area contributed by atoms with Crippen molar-refractivity contribution in [1.82, 2.24) is 0 Å². The van der Waals surface area contributed by atoms with Crippen LogP contribution in [0.1, 0.15) is 29.2 Å². The molecule has 37 heavy (non-hydrogen) atoms. The summed E-state index contributed by atoms with van der Waals surface area (Å²) >= 11 is 3.47. The summed E-state index contributed by atoms with van der Waals surface area (Å²) in [5, 5.41) is 15.3. The first-order valence-corrected chi connectivity index (χ1v) is 12.5. The zero-order valence-electron chi connectivity index (χ0n) is 21.1. The number of anilines is 2. The fourth-order valence-corrected chi connectivity index (χ4v) is 4.14. The summed E-state index contributed by atoms with van der Waals surface area (Å²) in [6, 6.07) is 18.4. The minimum absolute atomic E-state index is 0.0689. The van der Waals surface area contributed by atoms with Gasteiger partial charge in [-0.15, -0.1) is 0 Å². The molecular weight excluding hydrogens is 534 g/mol. The quantitative estimate of drug-likeness (QED) is 0.234. The lowest BCUT2D eigenvalue weighted by Crippen LogP contribution is -2.21. The summed E-state index contributed by atoms with van der Waals surface area (Å²) in [4.78, 5) is 25.2. The molecule has 0 saturated carbocycles. The number of nitrogens with zero attached hydrogens (tertiary/aromatic N) is 1. The number of carbonyl (C=O) groups is 2. The summed E-state index contributed by atoms with van der Waals surface area (Å²) in [6.07, 6.45) is 1.47. The van der Waals surface area contributed by atoms with E-state index in [0.29, 0.717) is 39.5 Å². The van der Waals surface area contributed by atoms with Gasteiger partial charge in [-0.05, 0) is 90.7 Å². The van der Waals surface area contributed by atoms with E-state index >= 15 is 0 Å². The van der Waals surface area contributed by atoms with E-state index < -0.39 is 5.91 Å². The monoisotopic (exact) mass is 561 g/mol.